The maximum absolute atomic E-state index is 11.9. The molecular formula is C14H16ClN3O3S. The van der Waals surface area contributed by atoms with E-state index in [2.05, 4.69) is 10.4 Å². The molecule has 1 fully saturated rings. The number of rotatable bonds is 4. The number of halogens is 1. The SMILES string of the molecule is O=C(CCn1ncc2c(Cl)cccc21)N[C@H]1CCS(=O)(=O)C1. The van der Waals surface area contributed by atoms with Crippen LogP contribution in [0.3, 0.4) is 0 Å². The Labute approximate surface area is 133 Å². The van der Waals surface area contributed by atoms with Gasteiger partial charge in [-0.2, -0.15) is 5.10 Å². The zero-order chi connectivity index (χ0) is 15.7. The van der Waals surface area contributed by atoms with Gasteiger partial charge in [-0.3, -0.25) is 9.48 Å². The first kappa shape index (κ1) is 15.3. The summed E-state index contributed by atoms with van der Waals surface area (Å²) in [5.74, 6) is 0.0343. The number of carbonyl (C=O) groups excluding carboxylic acids is 1. The Bertz CT molecular complexity index is 816. The molecule has 0 bridgehead atoms. The lowest BCUT2D eigenvalue weighted by molar-refractivity contribution is -0.121. The van der Waals surface area contributed by atoms with Gasteiger partial charge in [0.25, 0.3) is 0 Å². The lowest BCUT2D eigenvalue weighted by Gasteiger charge is -2.11. The zero-order valence-electron chi connectivity index (χ0n) is 11.8. The van der Waals surface area contributed by atoms with Gasteiger partial charge in [0.2, 0.25) is 5.91 Å². The summed E-state index contributed by atoms with van der Waals surface area (Å²) >= 11 is 6.08. The van der Waals surface area contributed by atoms with Crippen LogP contribution in [0.25, 0.3) is 10.9 Å². The molecule has 1 aromatic carbocycles. The number of aryl methyl sites for hydroxylation is 1. The van der Waals surface area contributed by atoms with E-state index in [0.717, 1.165) is 10.9 Å². The van der Waals surface area contributed by atoms with Crippen LogP contribution in [0.15, 0.2) is 24.4 Å². The molecule has 1 N–H and O–H groups in total. The summed E-state index contributed by atoms with van der Waals surface area (Å²) in [6, 6.07) is 5.27. The Balaban J connectivity index is 1.60. The maximum atomic E-state index is 11.9. The Morgan fingerprint density at radius 3 is 3.00 bits per heavy atom. The van der Waals surface area contributed by atoms with Crippen molar-refractivity contribution < 1.29 is 13.2 Å². The van der Waals surface area contributed by atoms with Crippen molar-refractivity contribution in [2.75, 3.05) is 11.5 Å². The van der Waals surface area contributed by atoms with Crippen molar-refractivity contribution in [2.24, 2.45) is 0 Å². The molecule has 8 heteroatoms. The number of amides is 1. The van der Waals surface area contributed by atoms with E-state index >= 15 is 0 Å². The van der Waals surface area contributed by atoms with Gasteiger partial charge in [0.1, 0.15) is 0 Å². The fraction of sp³-hybridized carbons (Fsp3) is 0.429. The van der Waals surface area contributed by atoms with E-state index in [4.69, 9.17) is 11.6 Å². The fourth-order valence-electron chi connectivity index (χ4n) is 2.66. The maximum Gasteiger partial charge on any atom is 0.222 e. The number of carbonyl (C=O) groups is 1. The third-order valence-corrected chi connectivity index (χ3v) is 5.88. The highest BCUT2D eigenvalue weighted by Gasteiger charge is 2.28. The molecule has 1 amide bonds. The average molecular weight is 342 g/mol. The van der Waals surface area contributed by atoms with E-state index in [9.17, 15) is 13.2 Å². The number of nitrogens with one attached hydrogen (secondary N) is 1. The van der Waals surface area contributed by atoms with Crippen LogP contribution in [0.1, 0.15) is 12.8 Å². The second-order valence-corrected chi connectivity index (χ2v) is 8.09. The summed E-state index contributed by atoms with van der Waals surface area (Å²) in [4.78, 5) is 11.9. The van der Waals surface area contributed by atoms with Gasteiger partial charge in [0.15, 0.2) is 9.84 Å². The summed E-state index contributed by atoms with van der Waals surface area (Å²) in [5.41, 5.74) is 0.878. The molecule has 0 saturated carbocycles. The largest absolute Gasteiger partial charge is 0.352 e. The van der Waals surface area contributed by atoms with Gasteiger partial charge in [-0.05, 0) is 18.6 Å². The average Bonchev–Trinajstić information content (AvgIpc) is 3.01. The summed E-state index contributed by atoms with van der Waals surface area (Å²) in [7, 11) is -2.98. The first-order valence-corrected chi connectivity index (χ1v) is 9.24. The minimum absolute atomic E-state index is 0.0407. The molecule has 1 aromatic heterocycles. The van der Waals surface area contributed by atoms with Crippen molar-refractivity contribution in [3.05, 3.63) is 29.4 Å². The normalized spacial score (nSPS) is 20.3. The van der Waals surface area contributed by atoms with Crippen molar-refractivity contribution in [3.8, 4) is 0 Å². The highest BCUT2D eigenvalue weighted by Crippen LogP contribution is 2.22. The molecule has 0 aliphatic carbocycles. The molecule has 0 radical (unpaired) electrons. The Kier molecular flexibility index (Phi) is 4.10. The van der Waals surface area contributed by atoms with Gasteiger partial charge in [-0.1, -0.05) is 17.7 Å². The zero-order valence-corrected chi connectivity index (χ0v) is 13.4. The summed E-state index contributed by atoms with van der Waals surface area (Å²) < 4.78 is 24.5. The lowest BCUT2D eigenvalue weighted by Crippen LogP contribution is -2.36. The Morgan fingerprint density at radius 1 is 1.45 bits per heavy atom. The lowest BCUT2D eigenvalue weighted by atomic mass is 10.2. The van der Waals surface area contributed by atoms with E-state index < -0.39 is 9.84 Å². The molecule has 22 heavy (non-hydrogen) atoms. The molecule has 2 aromatic rings. The summed E-state index contributed by atoms with van der Waals surface area (Å²) in [6.07, 6.45) is 2.42. The summed E-state index contributed by atoms with van der Waals surface area (Å²) in [6.45, 7) is 0.426. The predicted molar refractivity (Wildman–Crippen MR) is 84.6 cm³/mol. The van der Waals surface area contributed by atoms with Gasteiger partial charge < -0.3 is 5.32 Å². The van der Waals surface area contributed by atoms with Crippen molar-refractivity contribution in [3.63, 3.8) is 0 Å². The van der Waals surface area contributed by atoms with Crippen LogP contribution >= 0.6 is 11.6 Å². The van der Waals surface area contributed by atoms with E-state index in [1.165, 1.54) is 0 Å². The monoisotopic (exact) mass is 341 g/mol. The van der Waals surface area contributed by atoms with E-state index in [-0.39, 0.29) is 29.9 Å². The highest BCUT2D eigenvalue weighted by molar-refractivity contribution is 7.91. The number of fused-ring (bicyclic) bond motifs is 1. The van der Waals surface area contributed by atoms with Crippen molar-refractivity contribution in [2.45, 2.75) is 25.4 Å². The van der Waals surface area contributed by atoms with E-state index in [1.54, 1.807) is 16.9 Å². The minimum atomic E-state index is -2.98. The number of hydrogen-bond donors (Lipinski definition) is 1. The Morgan fingerprint density at radius 2 is 2.27 bits per heavy atom. The molecular weight excluding hydrogens is 326 g/mol. The van der Waals surface area contributed by atoms with Crippen LogP contribution < -0.4 is 5.32 Å². The van der Waals surface area contributed by atoms with Crippen LogP contribution in [-0.4, -0.2) is 41.7 Å². The van der Waals surface area contributed by atoms with E-state index in [1.807, 2.05) is 12.1 Å². The standard InChI is InChI=1S/C14H16ClN3O3S/c15-12-2-1-3-13-11(12)8-16-18(13)6-4-14(19)17-10-5-7-22(20,21)9-10/h1-3,8,10H,4-7,9H2,(H,17,19)/t10-/m0/s1. The molecule has 3 rings (SSSR count). The molecule has 118 valence electrons. The predicted octanol–water partition coefficient (Wildman–Crippen LogP) is 1.38. The number of aromatic nitrogens is 2. The highest BCUT2D eigenvalue weighted by atomic mass is 35.5. The van der Waals surface area contributed by atoms with Gasteiger partial charge in [0, 0.05) is 17.8 Å². The van der Waals surface area contributed by atoms with Gasteiger partial charge in [-0.15, -0.1) is 0 Å². The molecule has 0 spiro atoms. The Hall–Kier alpha value is -1.60. The van der Waals surface area contributed by atoms with Crippen LogP contribution in [0.5, 0.6) is 0 Å². The molecule has 6 nitrogen and oxygen atoms in total. The van der Waals surface area contributed by atoms with Gasteiger partial charge in [-0.25, -0.2) is 8.42 Å². The fourth-order valence-corrected chi connectivity index (χ4v) is 4.55. The third kappa shape index (κ3) is 3.25. The number of nitrogens with zero attached hydrogens (tertiary/aromatic N) is 2. The smallest absolute Gasteiger partial charge is 0.222 e. The second-order valence-electron chi connectivity index (χ2n) is 5.46. The first-order chi connectivity index (χ1) is 10.4. The van der Waals surface area contributed by atoms with Crippen molar-refractivity contribution >= 4 is 38.2 Å². The summed E-state index contributed by atoms with van der Waals surface area (Å²) in [5, 5.41) is 8.49. The molecule has 0 unspecified atom stereocenters. The molecule has 1 aliphatic heterocycles. The molecule has 2 heterocycles. The van der Waals surface area contributed by atoms with E-state index in [0.29, 0.717) is 18.0 Å². The quantitative estimate of drug-likeness (QED) is 0.911. The molecule has 1 saturated heterocycles. The van der Waals surface area contributed by atoms with Crippen molar-refractivity contribution in [1.82, 2.24) is 15.1 Å². The number of sulfone groups is 1. The number of benzene rings is 1. The van der Waals surface area contributed by atoms with Crippen LogP contribution in [0.2, 0.25) is 5.02 Å². The molecule has 1 aliphatic rings. The third-order valence-electron chi connectivity index (χ3n) is 3.78. The van der Waals surface area contributed by atoms with Crippen LogP contribution in [0, 0.1) is 0 Å². The van der Waals surface area contributed by atoms with Gasteiger partial charge in [0.05, 0.1) is 34.8 Å². The first-order valence-electron chi connectivity index (χ1n) is 7.04. The minimum Gasteiger partial charge on any atom is -0.352 e. The van der Waals surface area contributed by atoms with Crippen molar-refractivity contribution in [1.29, 1.82) is 0 Å². The topological polar surface area (TPSA) is 81.1 Å². The molecule has 1 atom stereocenters. The van der Waals surface area contributed by atoms with Crippen LogP contribution in [0.4, 0.5) is 0 Å². The second kappa shape index (κ2) is 5.89. The van der Waals surface area contributed by atoms with Gasteiger partial charge >= 0.3 is 0 Å². The number of hydrogen-bond acceptors (Lipinski definition) is 4. The van der Waals surface area contributed by atoms with Crippen LogP contribution in [-0.2, 0) is 21.2 Å².